The van der Waals surface area contributed by atoms with Crippen LogP contribution in [0.5, 0.6) is 0 Å². The van der Waals surface area contributed by atoms with Crippen LogP contribution in [0.25, 0.3) is 0 Å². The third kappa shape index (κ3) is 14.2. The number of aliphatic hydroxyl groups excluding tert-OH is 1. The Balaban J connectivity index is 1.26. The van der Waals surface area contributed by atoms with E-state index in [1.54, 1.807) is 40.8 Å². The molecule has 4 saturated heterocycles. The summed E-state index contributed by atoms with van der Waals surface area (Å²) in [5.41, 5.74) is -3.78. The second-order valence-electron chi connectivity index (χ2n) is 22.9. The van der Waals surface area contributed by atoms with Crippen LogP contribution < -0.4 is 0 Å². The van der Waals surface area contributed by atoms with Gasteiger partial charge in [0.2, 0.25) is 0 Å². The lowest BCUT2D eigenvalue weighted by molar-refractivity contribution is -0.318. The summed E-state index contributed by atoms with van der Waals surface area (Å²) < 4.78 is 131. The van der Waals surface area contributed by atoms with E-state index in [2.05, 4.69) is 20.1 Å². The number of hydrogen-bond donors (Lipinski definition) is 3. The number of sulfone groups is 1. The maximum Gasteiger partial charge on any atom is 0.403 e. The van der Waals surface area contributed by atoms with Crippen molar-refractivity contribution >= 4 is 15.8 Å². The summed E-state index contributed by atoms with van der Waals surface area (Å²) in [5, 5.41) is 45.5. The van der Waals surface area contributed by atoms with E-state index in [9.17, 15) is 46.1 Å². The summed E-state index contributed by atoms with van der Waals surface area (Å²) in [7, 11) is 2.05. The van der Waals surface area contributed by atoms with Crippen LogP contribution in [-0.2, 0) is 58.9 Å². The summed E-state index contributed by atoms with van der Waals surface area (Å²) in [4.78, 5) is 18.2. The molecule has 0 spiro atoms. The fraction of sp³-hybridized carbons (Fsp3) is 0.830. The van der Waals surface area contributed by atoms with Crippen molar-refractivity contribution in [3.05, 3.63) is 41.7 Å². The van der Waals surface area contributed by atoms with Gasteiger partial charge in [0.25, 0.3) is 0 Å². The van der Waals surface area contributed by atoms with Crippen molar-refractivity contribution in [2.45, 2.75) is 215 Å². The molecule has 5 heterocycles. The molecular formula is C53H85F4N5O14S. The van der Waals surface area contributed by atoms with Crippen molar-refractivity contribution in [1.29, 1.82) is 0 Å². The highest BCUT2D eigenvalue weighted by Crippen LogP contribution is 2.44. The minimum absolute atomic E-state index is 0.101. The molecule has 77 heavy (non-hydrogen) atoms. The van der Waals surface area contributed by atoms with Gasteiger partial charge in [-0.05, 0) is 99.0 Å². The maximum atomic E-state index is 14.8. The molecule has 0 amide bonds. The van der Waals surface area contributed by atoms with Gasteiger partial charge in [-0.25, -0.2) is 17.5 Å². The Bertz CT molecular complexity index is 2350. The summed E-state index contributed by atoms with van der Waals surface area (Å²) >= 11 is 0. The lowest BCUT2D eigenvalue weighted by Crippen LogP contribution is -2.65. The van der Waals surface area contributed by atoms with Crippen molar-refractivity contribution < 1.29 is 84.0 Å². The predicted molar refractivity (Wildman–Crippen MR) is 273 cm³/mol. The van der Waals surface area contributed by atoms with E-state index in [-0.39, 0.29) is 36.9 Å². The molecule has 19 nitrogen and oxygen atoms in total. The first-order chi connectivity index (χ1) is 35.8. The smallest absolute Gasteiger partial charge is 0.403 e. The van der Waals surface area contributed by atoms with E-state index in [0.29, 0.717) is 43.6 Å². The first kappa shape index (κ1) is 63.2. The van der Waals surface area contributed by atoms with Crippen molar-refractivity contribution in [2.75, 3.05) is 53.8 Å². The number of hydrogen-bond acceptors (Lipinski definition) is 18. The number of aromatic nitrogens is 3. The molecule has 440 valence electrons. The monoisotopic (exact) mass is 1120 g/mol. The lowest BCUT2D eigenvalue weighted by Gasteiger charge is -2.51. The first-order valence-corrected chi connectivity index (χ1v) is 28.4. The van der Waals surface area contributed by atoms with Crippen LogP contribution in [0.3, 0.4) is 0 Å². The predicted octanol–water partition coefficient (Wildman–Crippen LogP) is 5.39. The van der Waals surface area contributed by atoms with Crippen molar-refractivity contribution in [2.24, 2.45) is 17.8 Å². The molecule has 1 aromatic heterocycles. The summed E-state index contributed by atoms with van der Waals surface area (Å²) in [5.74, 6) is -4.79. The summed E-state index contributed by atoms with van der Waals surface area (Å²) in [6.07, 6.45) is -11.6. The average molecular weight is 1120 g/mol. The van der Waals surface area contributed by atoms with Crippen LogP contribution in [0, 0.1) is 17.8 Å². The van der Waals surface area contributed by atoms with Crippen LogP contribution in [0.15, 0.2) is 35.4 Å². The minimum atomic E-state index is -4.93. The van der Waals surface area contributed by atoms with Gasteiger partial charge in [0.1, 0.15) is 48.3 Å². The van der Waals surface area contributed by atoms with E-state index < -0.39 is 135 Å². The molecule has 0 unspecified atom stereocenters. The van der Waals surface area contributed by atoms with Gasteiger partial charge in [0, 0.05) is 70.8 Å². The van der Waals surface area contributed by atoms with Gasteiger partial charge < -0.3 is 63.0 Å². The molecule has 0 radical (unpaired) electrons. The van der Waals surface area contributed by atoms with E-state index in [0.717, 1.165) is 12.1 Å². The summed E-state index contributed by atoms with van der Waals surface area (Å²) in [6, 6.07) is 3.08. The number of cyclic esters (lactones) is 1. The Kier molecular flexibility index (Phi) is 20.5. The number of methoxy groups -OCH3 is 2. The van der Waals surface area contributed by atoms with Gasteiger partial charge in [-0.3, -0.25) is 4.79 Å². The molecule has 4 fully saturated rings. The molecule has 6 rings (SSSR count). The molecule has 2 bridgehead atoms. The van der Waals surface area contributed by atoms with Crippen molar-refractivity contribution in [3.63, 3.8) is 0 Å². The Morgan fingerprint density at radius 3 is 2.21 bits per heavy atom. The van der Waals surface area contributed by atoms with E-state index in [1.165, 1.54) is 31.0 Å². The Hall–Kier alpha value is -2.98. The van der Waals surface area contributed by atoms with Gasteiger partial charge in [-0.2, -0.15) is 13.2 Å². The molecule has 0 saturated carbocycles. The van der Waals surface area contributed by atoms with Gasteiger partial charge >= 0.3 is 12.1 Å². The molecular weight excluding hydrogens is 1040 g/mol. The Morgan fingerprint density at radius 2 is 1.61 bits per heavy atom. The van der Waals surface area contributed by atoms with E-state index in [1.807, 2.05) is 48.7 Å². The van der Waals surface area contributed by atoms with Crippen LogP contribution in [0.4, 0.5) is 17.6 Å². The fourth-order valence-electron chi connectivity index (χ4n) is 12.2. The van der Waals surface area contributed by atoms with Crippen LogP contribution in [0.1, 0.15) is 118 Å². The second kappa shape index (κ2) is 25.0. The standard InChI is InChI=1S/C53H85F4N5O14S/c1-15-40-51(9,65)48-33(6)61(12)26-29(2)46(76-48)52(10,66)47(31(4)43(32(5)49(64)73-40)74-42-24-50(8,70-14)45(63)34(7)72-42)75-41-23-37(22-30(3)71-41)60(11)21-20-36-27-62(59-58-36)39(25-54)44(69-13)35-16-18-38(19-17-35)77(67,68)28-53(55,56)57/h16-19,27,29-34,37,39-48,63,65-66H,15,20-26,28H2,1-14H3/t29-,30+,31-,32+,33+,34-,37-,39+,40+,41-,42-,43-,44+,45-,46+,47+,48+,50+,51+,52+/m0/s1. The summed E-state index contributed by atoms with van der Waals surface area (Å²) in [6.45, 7) is 17.9. The van der Waals surface area contributed by atoms with E-state index in [4.69, 9.17) is 37.9 Å². The van der Waals surface area contributed by atoms with Gasteiger partial charge in [-0.15, -0.1) is 5.10 Å². The van der Waals surface area contributed by atoms with Gasteiger partial charge in [-0.1, -0.05) is 38.1 Å². The highest BCUT2D eigenvalue weighted by Gasteiger charge is 2.58. The first-order valence-electron chi connectivity index (χ1n) is 26.8. The highest BCUT2D eigenvalue weighted by atomic mass is 32.2. The fourth-order valence-corrected chi connectivity index (χ4v) is 13.3. The van der Waals surface area contributed by atoms with Crippen molar-refractivity contribution in [1.82, 2.24) is 24.8 Å². The number of rotatable bonds is 17. The zero-order chi connectivity index (χ0) is 57.3. The number of alkyl halides is 4. The van der Waals surface area contributed by atoms with Crippen LogP contribution >= 0.6 is 0 Å². The molecule has 24 heteroatoms. The number of benzene rings is 1. The van der Waals surface area contributed by atoms with Crippen LogP contribution in [-0.4, -0.2) is 205 Å². The number of likely N-dealkylation sites (N-methyl/N-ethyl adjacent to an activating group) is 2. The third-order valence-corrected chi connectivity index (χ3v) is 18.5. The number of esters is 1. The Morgan fingerprint density at radius 1 is 0.948 bits per heavy atom. The molecule has 4 aliphatic rings. The van der Waals surface area contributed by atoms with Crippen LogP contribution in [0.2, 0.25) is 0 Å². The van der Waals surface area contributed by atoms with Gasteiger partial charge in [0.05, 0.1) is 52.6 Å². The maximum absolute atomic E-state index is 14.8. The normalized spacial score (nSPS) is 39.0. The number of carbonyl (C=O) groups excluding carboxylic acids is 1. The molecule has 2 aromatic rings. The van der Waals surface area contributed by atoms with E-state index >= 15 is 0 Å². The van der Waals surface area contributed by atoms with Crippen molar-refractivity contribution in [3.8, 4) is 0 Å². The number of aliphatic hydroxyl groups is 3. The van der Waals surface area contributed by atoms with Gasteiger partial charge in [0.15, 0.2) is 28.2 Å². The number of nitrogens with zero attached hydrogens (tertiary/aromatic N) is 5. The molecule has 1 aromatic carbocycles. The number of fused-ring (bicyclic) bond motifs is 2. The molecule has 0 aliphatic carbocycles. The average Bonchev–Trinajstić information content (AvgIpc) is 3.80. The molecule has 4 aliphatic heterocycles. The molecule has 3 N–H and O–H groups in total. The zero-order valence-corrected chi connectivity index (χ0v) is 47.9. The topological polar surface area (TPSA) is 223 Å². The SMILES string of the molecule is CC[C@H]1OC(=O)[C@H](C)[C@@H](O[C@H]2C[C@@](C)(OC)[C@@H](O)[C@H](C)O2)[C@H](C)[C@@H](O[C@H]2C[C@@H](N(C)CCc3cn([C@H](CF)[C@H](OC)c4ccc(S(=O)(=O)CC(F)(F)F)cc4)nn3)C[C@@H](C)O2)[C@](C)(O)[C@@H]2O[C@H]([C@@H](C)N(C)C[C@@H]2C)[C@]1(C)O. The largest absolute Gasteiger partial charge is 0.459 e. The lowest BCUT2D eigenvalue weighted by atomic mass is 9.75. The number of halogens is 4. The third-order valence-electron chi connectivity index (χ3n) is 16.8. The molecule has 20 atom stereocenters. The quantitative estimate of drug-likeness (QED) is 0.134. The second-order valence-corrected chi connectivity index (χ2v) is 24.9. The number of carbonyl (C=O) groups is 1. The zero-order valence-electron chi connectivity index (χ0n) is 47.1. The minimum Gasteiger partial charge on any atom is -0.459 e. The number of ether oxygens (including phenoxy) is 8. The Labute approximate surface area is 451 Å². The highest BCUT2D eigenvalue weighted by molar-refractivity contribution is 7.91.